The van der Waals surface area contributed by atoms with E-state index in [2.05, 4.69) is 32.4 Å². The average Bonchev–Trinajstić information content (AvgIpc) is 2.77. The summed E-state index contributed by atoms with van der Waals surface area (Å²) in [6.45, 7) is 2.21. The quantitative estimate of drug-likeness (QED) is 0.286. The first kappa shape index (κ1) is 21.5. The van der Waals surface area contributed by atoms with Crippen molar-refractivity contribution in [3.63, 3.8) is 0 Å². The molecule has 0 radical (unpaired) electrons. The van der Waals surface area contributed by atoms with Crippen LogP contribution >= 0.6 is 0 Å². The Morgan fingerprint density at radius 1 is 1.00 bits per heavy atom. The van der Waals surface area contributed by atoms with Crippen LogP contribution in [0.3, 0.4) is 0 Å². The van der Waals surface area contributed by atoms with E-state index in [1.165, 1.54) is 19.3 Å². The lowest BCUT2D eigenvalue weighted by atomic mass is 10.0. The van der Waals surface area contributed by atoms with Gasteiger partial charge in [-0.3, -0.25) is 0 Å². The van der Waals surface area contributed by atoms with E-state index in [4.69, 9.17) is 4.74 Å². The maximum Gasteiger partial charge on any atom is 0.248 e. The number of rotatable bonds is 10. The largest absolute Gasteiger partial charge is 0.496 e. The molecular formula is C23H30N6O. The molecule has 7 nitrogen and oxygen atoms in total. The normalized spacial score (nSPS) is 11.2. The summed E-state index contributed by atoms with van der Waals surface area (Å²) in [4.78, 5) is 15.6. The molecule has 0 amide bonds. The number of hydrogen-bond donors (Lipinski definition) is 1. The van der Waals surface area contributed by atoms with E-state index in [-0.39, 0.29) is 0 Å². The van der Waals surface area contributed by atoms with Gasteiger partial charge in [0.25, 0.3) is 0 Å². The molecule has 0 spiro atoms. The standard InChI is InChI=1S/C23H30N6O/c1-5-6-7-8-11-16-24-28-22-25-21(26-23(27-22)29(2)3)19-14-15-20(30-4)18-13-10-9-12-17(18)19/h9-10,12-16H,5-8,11H2,1-4H3,(H,25,26,27,28)/b24-16+. The van der Waals surface area contributed by atoms with Crippen LogP contribution < -0.4 is 15.1 Å². The van der Waals surface area contributed by atoms with Crippen LogP contribution in [0.4, 0.5) is 11.9 Å². The molecule has 0 bridgehead atoms. The van der Waals surface area contributed by atoms with Gasteiger partial charge in [0, 0.05) is 31.3 Å². The molecule has 158 valence electrons. The van der Waals surface area contributed by atoms with Gasteiger partial charge in [-0.2, -0.15) is 20.1 Å². The summed E-state index contributed by atoms with van der Waals surface area (Å²) in [5.41, 5.74) is 3.89. The van der Waals surface area contributed by atoms with Crippen LogP contribution in [-0.4, -0.2) is 42.4 Å². The maximum absolute atomic E-state index is 5.51. The maximum atomic E-state index is 5.51. The van der Waals surface area contributed by atoms with Gasteiger partial charge in [-0.1, -0.05) is 50.5 Å². The second kappa shape index (κ2) is 10.5. The predicted molar refractivity (Wildman–Crippen MR) is 125 cm³/mol. The van der Waals surface area contributed by atoms with E-state index in [1.54, 1.807) is 7.11 Å². The molecular weight excluding hydrogens is 376 g/mol. The van der Waals surface area contributed by atoms with Gasteiger partial charge < -0.3 is 9.64 Å². The topological polar surface area (TPSA) is 75.5 Å². The summed E-state index contributed by atoms with van der Waals surface area (Å²) in [5.74, 6) is 2.41. The zero-order valence-electron chi connectivity index (χ0n) is 18.2. The van der Waals surface area contributed by atoms with Crippen LogP contribution in [0, 0.1) is 0 Å². The van der Waals surface area contributed by atoms with Gasteiger partial charge >= 0.3 is 0 Å². The fourth-order valence-corrected chi connectivity index (χ4v) is 3.21. The number of benzene rings is 2. The number of anilines is 2. The molecule has 1 heterocycles. The number of nitrogens with one attached hydrogen (secondary N) is 1. The number of hydrogen-bond acceptors (Lipinski definition) is 7. The lowest BCUT2D eigenvalue weighted by Gasteiger charge is -2.14. The first-order chi connectivity index (χ1) is 14.6. The second-order valence-electron chi connectivity index (χ2n) is 7.31. The summed E-state index contributed by atoms with van der Waals surface area (Å²) >= 11 is 0. The van der Waals surface area contributed by atoms with Gasteiger partial charge in [0.15, 0.2) is 5.82 Å². The Hall–Kier alpha value is -3.22. The lowest BCUT2D eigenvalue weighted by Crippen LogP contribution is -2.15. The third-order valence-corrected chi connectivity index (χ3v) is 4.81. The molecule has 0 aliphatic rings. The van der Waals surface area contributed by atoms with Crippen molar-refractivity contribution in [1.82, 2.24) is 15.0 Å². The number of fused-ring (bicyclic) bond motifs is 1. The molecule has 0 atom stereocenters. The Kier molecular flexibility index (Phi) is 7.54. The smallest absolute Gasteiger partial charge is 0.248 e. The molecule has 0 saturated carbocycles. The Balaban J connectivity index is 1.90. The highest BCUT2D eigenvalue weighted by Gasteiger charge is 2.14. The number of unbranched alkanes of at least 4 members (excludes halogenated alkanes) is 4. The Labute approximate surface area is 178 Å². The summed E-state index contributed by atoms with van der Waals surface area (Å²) in [6, 6.07) is 12.0. The van der Waals surface area contributed by atoms with Crippen LogP contribution in [0.1, 0.15) is 39.0 Å². The molecule has 1 aromatic heterocycles. The van der Waals surface area contributed by atoms with Crippen LogP contribution in [0.25, 0.3) is 22.2 Å². The number of aromatic nitrogens is 3. The van der Waals surface area contributed by atoms with E-state index in [0.717, 1.165) is 34.9 Å². The van der Waals surface area contributed by atoms with Crippen LogP contribution in [-0.2, 0) is 0 Å². The molecule has 3 aromatic rings. The summed E-state index contributed by atoms with van der Waals surface area (Å²) < 4.78 is 5.51. The Bertz CT molecular complexity index is 1000. The molecule has 0 fully saturated rings. The highest BCUT2D eigenvalue weighted by atomic mass is 16.5. The molecule has 2 aromatic carbocycles. The molecule has 0 unspecified atom stereocenters. The highest BCUT2D eigenvalue weighted by molar-refractivity contribution is 5.99. The summed E-state index contributed by atoms with van der Waals surface area (Å²) in [6.07, 6.45) is 7.69. The third kappa shape index (κ3) is 5.23. The molecule has 0 aliphatic heterocycles. The van der Waals surface area contributed by atoms with Crippen LogP contribution in [0.2, 0.25) is 0 Å². The third-order valence-electron chi connectivity index (χ3n) is 4.81. The fourth-order valence-electron chi connectivity index (χ4n) is 3.21. The Morgan fingerprint density at radius 3 is 2.53 bits per heavy atom. The number of nitrogens with zero attached hydrogens (tertiary/aromatic N) is 5. The fraction of sp³-hybridized carbons (Fsp3) is 0.391. The van der Waals surface area contributed by atoms with Crippen molar-refractivity contribution >= 4 is 28.9 Å². The molecule has 7 heteroatoms. The first-order valence-electron chi connectivity index (χ1n) is 10.4. The van der Waals surface area contributed by atoms with Crippen molar-refractivity contribution in [3.05, 3.63) is 36.4 Å². The average molecular weight is 407 g/mol. The second-order valence-corrected chi connectivity index (χ2v) is 7.31. The SMILES string of the molecule is CCCCCC/C=N/Nc1nc(-c2ccc(OC)c3ccccc23)nc(N(C)C)n1. The lowest BCUT2D eigenvalue weighted by molar-refractivity contribution is 0.420. The van der Waals surface area contributed by atoms with E-state index >= 15 is 0 Å². The minimum Gasteiger partial charge on any atom is -0.496 e. The van der Waals surface area contributed by atoms with E-state index in [1.807, 2.05) is 61.6 Å². The van der Waals surface area contributed by atoms with Crippen molar-refractivity contribution in [3.8, 4) is 17.1 Å². The van der Waals surface area contributed by atoms with Crippen LogP contribution in [0.5, 0.6) is 5.75 Å². The highest BCUT2D eigenvalue weighted by Crippen LogP contribution is 2.33. The molecule has 3 rings (SSSR count). The van der Waals surface area contributed by atoms with Crippen LogP contribution in [0.15, 0.2) is 41.5 Å². The minimum atomic E-state index is 0.424. The van der Waals surface area contributed by atoms with Crippen molar-refractivity contribution in [2.24, 2.45) is 5.10 Å². The van der Waals surface area contributed by atoms with Gasteiger partial charge in [0.1, 0.15) is 5.75 Å². The van der Waals surface area contributed by atoms with Crippen molar-refractivity contribution in [2.75, 3.05) is 31.5 Å². The summed E-state index contributed by atoms with van der Waals surface area (Å²) in [5, 5.41) is 6.34. The van der Waals surface area contributed by atoms with Gasteiger partial charge in [0.05, 0.1) is 7.11 Å². The number of ether oxygens (including phenoxy) is 1. The molecule has 0 aliphatic carbocycles. The monoisotopic (exact) mass is 406 g/mol. The first-order valence-corrected chi connectivity index (χ1v) is 10.4. The number of methoxy groups -OCH3 is 1. The van der Waals surface area contributed by atoms with Crippen molar-refractivity contribution in [2.45, 2.75) is 39.0 Å². The molecule has 30 heavy (non-hydrogen) atoms. The summed E-state index contributed by atoms with van der Waals surface area (Å²) in [7, 11) is 5.49. The van der Waals surface area contributed by atoms with E-state index in [9.17, 15) is 0 Å². The molecule has 1 N–H and O–H groups in total. The van der Waals surface area contributed by atoms with Gasteiger partial charge in [-0.25, -0.2) is 5.43 Å². The Morgan fingerprint density at radius 2 is 1.80 bits per heavy atom. The minimum absolute atomic E-state index is 0.424. The zero-order chi connectivity index (χ0) is 21.3. The molecule has 0 saturated heterocycles. The predicted octanol–water partition coefficient (Wildman–Crippen LogP) is 5.13. The van der Waals surface area contributed by atoms with Crippen molar-refractivity contribution in [1.29, 1.82) is 0 Å². The van der Waals surface area contributed by atoms with Gasteiger partial charge in [-0.05, 0) is 30.4 Å². The van der Waals surface area contributed by atoms with Gasteiger partial charge in [-0.15, -0.1) is 0 Å². The van der Waals surface area contributed by atoms with Crippen molar-refractivity contribution < 1.29 is 4.74 Å². The zero-order valence-corrected chi connectivity index (χ0v) is 18.2. The van der Waals surface area contributed by atoms with Gasteiger partial charge in [0.2, 0.25) is 11.9 Å². The number of hydrazone groups is 1. The van der Waals surface area contributed by atoms with E-state index in [0.29, 0.717) is 17.7 Å². The van der Waals surface area contributed by atoms with E-state index < -0.39 is 0 Å².